The van der Waals surface area contributed by atoms with Crippen LogP contribution in [0.5, 0.6) is 0 Å². The molecule has 0 aliphatic carbocycles. The third kappa shape index (κ3) is 2.55. The van der Waals surface area contributed by atoms with Crippen molar-refractivity contribution in [1.82, 2.24) is 9.99 Å². The van der Waals surface area contributed by atoms with Gasteiger partial charge in [0.2, 0.25) is 10.7 Å². The normalized spacial score (nSPS) is 12.0. The fraction of sp³-hybridized carbons (Fsp3) is 0.333. The lowest BCUT2D eigenvalue weighted by atomic mass is 10.3. The van der Waals surface area contributed by atoms with E-state index < -0.39 is 0 Å². The molecule has 2 rings (SSSR count). The molecule has 1 aromatic heterocycles. The minimum Gasteiger partial charge on any atom is -0.318 e. The molecule has 0 saturated carbocycles. The van der Waals surface area contributed by atoms with Gasteiger partial charge < -0.3 is 4.57 Å². The largest absolute Gasteiger partial charge is 0.318 e. The molecule has 5 heteroatoms. The van der Waals surface area contributed by atoms with Gasteiger partial charge in [-0.25, -0.2) is 5.43 Å². The highest BCUT2D eigenvalue weighted by Gasteiger charge is 2.02. The first kappa shape index (κ1) is 11.9. The lowest BCUT2D eigenvalue weighted by Crippen LogP contribution is -2.22. The predicted molar refractivity (Wildman–Crippen MR) is 69.4 cm³/mol. The number of fused-ring (bicyclic) bond motifs is 1. The number of rotatable bonds is 3. The highest BCUT2D eigenvalue weighted by molar-refractivity contribution is 7.16. The number of thiazole rings is 1. The number of aromatic nitrogens is 1. The van der Waals surface area contributed by atoms with Crippen molar-refractivity contribution in [2.24, 2.45) is 12.1 Å². The summed E-state index contributed by atoms with van der Waals surface area (Å²) in [7, 11) is 1.95. The minimum absolute atomic E-state index is 0.0371. The third-order valence-electron chi connectivity index (χ3n) is 2.47. The number of carbonyl (C=O) groups is 1. The maximum Gasteiger partial charge on any atom is 0.240 e. The number of carbonyl (C=O) groups excluding carboxylic acids is 1. The van der Waals surface area contributed by atoms with Crippen molar-refractivity contribution >= 4 is 27.5 Å². The average Bonchev–Trinajstić information content (AvgIpc) is 2.65. The maximum atomic E-state index is 11.3. The van der Waals surface area contributed by atoms with Gasteiger partial charge in [-0.1, -0.05) is 30.4 Å². The summed E-state index contributed by atoms with van der Waals surface area (Å²) < 4.78 is 3.14. The number of para-hydroxylation sites is 1. The molecule has 1 heterocycles. The number of aryl methyl sites for hydroxylation is 1. The van der Waals surface area contributed by atoms with Gasteiger partial charge >= 0.3 is 0 Å². The Bertz CT molecular complexity index is 597. The van der Waals surface area contributed by atoms with Crippen LogP contribution in [-0.4, -0.2) is 10.5 Å². The van der Waals surface area contributed by atoms with Gasteiger partial charge in [0.25, 0.3) is 0 Å². The topological polar surface area (TPSA) is 46.4 Å². The lowest BCUT2D eigenvalue weighted by molar-refractivity contribution is -0.121. The predicted octanol–water partition coefficient (Wildman–Crippen LogP) is 1.97. The zero-order valence-electron chi connectivity index (χ0n) is 9.93. The SMILES string of the molecule is CCCC(=O)NN=c1sc2ccccc2n1C. The summed E-state index contributed by atoms with van der Waals surface area (Å²) >= 11 is 1.57. The number of hydrogen-bond donors (Lipinski definition) is 1. The molecule has 0 bridgehead atoms. The van der Waals surface area contributed by atoms with Gasteiger partial charge in [-0.3, -0.25) is 4.79 Å². The van der Waals surface area contributed by atoms with Gasteiger partial charge in [-0.15, -0.1) is 5.10 Å². The second-order valence-corrected chi connectivity index (χ2v) is 4.82. The Hall–Kier alpha value is -1.62. The van der Waals surface area contributed by atoms with E-state index in [4.69, 9.17) is 0 Å². The number of amides is 1. The summed E-state index contributed by atoms with van der Waals surface area (Å²) in [5.74, 6) is -0.0371. The zero-order chi connectivity index (χ0) is 12.3. The molecule has 17 heavy (non-hydrogen) atoms. The average molecular weight is 249 g/mol. The van der Waals surface area contributed by atoms with E-state index in [1.54, 1.807) is 11.3 Å². The molecular formula is C12H15N3OS. The Labute approximate surface area is 104 Å². The highest BCUT2D eigenvalue weighted by atomic mass is 32.1. The van der Waals surface area contributed by atoms with Crippen LogP contribution in [0, 0.1) is 0 Å². The smallest absolute Gasteiger partial charge is 0.240 e. The van der Waals surface area contributed by atoms with Gasteiger partial charge in [0.1, 0.15) is 0 Å². The van der Waals surface area contributed by atoms with E-state index in [2.05, 4.69) is 10.5 Å². The molecule has 0 spiro atoms. The first-order valence-corrected chi connectivity index (χ1v) is 6.41. The van der Waals surface area contributed by atoms with Gasteiger partial charge in [0.05, 0.1) is 10.2 Å². The Balaban J connectivity index is 2.32. The van der Waals surface area contributed by atoms with E-state index in [0.29, 0.717) is 6.42 Å². The van der Waals surface area contributed by atoms with Crippen LogP contribution in [-0.2, 0) is 11.8 Å². The molecule has 90 valence electrons. The van der Waals surface area contributed by atoms with Crippen molar-refractivity contribution in [2.45, 2.75) is 19.8 Å². The molecule has 1 N–H and O–H groups in total. The molecule has 0 radical (unpaired) electrons. The fourth-order valence-corrected chi connectivity index (χ4v) is 2.56. The van der Waals surface area contributed by atoms with Crippen LogP contribution in [0.1, 0.15) is 19.8 Å². The van der Waals surface area contributed by atoms with Gasteiger partial charge in [-0.2, -0.15) is 0 Å². The molecule has 1 amide bonds. The van der Waals surface area contributed by atoms with Crippen molar-refractivity contribution in [3.8, 4) is 0 Å². The van der Waals surface area contributed by atoms with Crippen LogP contribution in [0.15, 0.2) is 29.4 Å². The van der Waals surface area contributed by atoms with E-state index >= 15 is 0 Å². The molecule has 0 atom stereocenters. The van der Waals surface area contributed by atoms with Crippen LogP contribution in [0.2, 0.25) is 0 Å². The molecule has 0 aliphatic rings. The molecule has 0 aliphatic heterocycles. The molecular weight excluding hydrogens is 234 g/mol. The van der Waals surface area contributed by atoms with E-state index in [1.165, 1.54) is 4.70 Å². The van der Waals surface area contributed by atoms with Crippen molar-refractivity contribution < 1.29 is 4.79 Å². The third-order valence-corrected chi connectivity index (χ3v) is 3.58. The molecule has 2 aromatic rings. The molecule has 1 aromatic carbocycles. The number of nitrogens with zero attached hydrogens (tertiary/aromatic N) is 2. The maximum absolute atomic E-state index is 11.3. The van der Waals surface area contributed by atoms with E-state index in [-0.39, 0.29) is 5.91 Å². The van der Waals surface area contributed by atoms with Crippen LogP contribution >= 0.6 is 11.3 Å². The number of hydrogen-bond acceptors (Lipinski definition) is 3. The zero-order valence-corrected chi connectivity index (χ0v) is 10.8. The van der Waals surface area contributed by atoms with Crippen LogP contribution < -0.4 is 10.2 Å². The Morgan fingerprint density at radius 1 is 1.47 bits per heavy atom. The molecule has 0 fully saturated rings. The monoisotopic (exact) mass is 249 g/mol. The summed E-state index contributed by atoms with van der Waals surface area (Å²) in [6, 6.07) is 8.08. The summed E-state index contributed by atoms with van der Waals surface area (Å²) in [6.07, 6.45) is 1.35. The first-order valence-electron chi connectivity index (χ1n) is 5.59. The Kier molecular flexibility index (Phi) is 3.58. The number of benzene rings is 1. The summed E-state index contributed by atoms with van der Waals surface area (Å²) in [5.41, 5.74) is 3.70. The second kappa shape index (κ2) is 5.14. The second-order valence-electron chi connectivity index (χ2n) is 3.81. The quantitative estimate of drug-likeness (QED) is 0.831. The van der Waals surface area contributed by atoms with Gasteiger partial charge in [0.15, 0.2) is 0 Å². The van der Waals surface area contributed by atoms with Crippen molar-refractivity contribution in [3.05, 3.63) is 29.1 Å². The fourth-order valence-electron chi connectivity index (χ4n) is 1.58. The lowest BCUT2D eigenvalue weighted by Gasteiger charge is -1.96. The van der Waals surface area contributed by atoms with Crippen molar-refractivity contribution in [1.29, 1.82) is 0 Å². The van der Waals surface area contributed by atoms with Crippen LogP contribution in [0.4, 0.5) is 0 Å². The van der Waals surface area contributed by atoms with Crippen molar-refractivity contribution in [2.75, 3.05) is 0 Å². The summed E-state index contributed by atoms with van der Waals surface area (Å²) in [4.78, 5) is 12.1. The first-order chi connectivity index (χ1) is 8.22. The van der Waals surface area contributed by atoms with Gasteiger partial charge in [0, 0.05) is 13.5 Å². The number of nitrogens with one attached hydrogen (secondary N) is 1. The Morgan fingerprint density at radius 2 is 2.24 bits per heavy atom. The summed E-state index contributed by atoms with van der Waals surface area (Å²) in [5, 5.41) is 4.14. The van der Waals surface area contributed by atoms with Crippen LogP contribution in [0.25, 0.3) is 10.2 Å². The Morgan fingerprint density at radius 3 is 2.94 bits per heavy atom. The minimum atomic E-state index is -0.0371. The van der Waals surface area contributed by atoms with Crippen molar-refractivity contribution in [3.63, 3.8) is 0 Å². The standard InChI is InChI=1S/C12H15N3OS/c1-3-6-11(16)13-14-12-15(2)9-7-4-5-8-10(9)17-12/h4-5,7-8H,3,6H2,1-2H3,(H,13,16). The molecule has 4 nitrogen and oxygen atoms in total. The molecule has 0 saturated heterocycles. The van der Waals surface area contributed by atoms with E-state index in [1.807, 2.05) is 42.8 Å². The van der Waals surface area contributed by atoms with Crippen LogP contribution in [0.3, 0.4) is 0 Å². The van der Waals surface area contributed by atoms with E-state index in [9.17, 15) is 4.79 Å². The van der Waals surface area contributed by atoms with E-state index in [0.717, 1.165) is 16.7 Å². The van der Waals surface area contributed by atoms with Gasteiger partial charge in [-0.05, 0) is 18.6 Å². The highest BCUT2D eigenvalue weighted by Crippen LogP contribution is 2.14. The summed E-state index contributed by atoms with van der Waals surface area (Å²) in [6.45, 7) is 1.97. The molecule has 0 unspecified atom stereocenters.